The van der Waals surface area contributed by atoms with E-state index in [4.69, 9.17) is 4.74 Å². The number of carbonyl (C=O) groups is 1. The smallest absolute Gasteiger partial charge is 0.293 e. The first kappa shape index (κ1) is 12.8. The summed E-state index contributed by atoms with van der Waals surface area (Å²) in [5.74, 6) is 0.674. The van der Waals surface area contributed by atoms with Gasteiger partial charge in [-0.25, -0.2) is 0 Å². The van der Waals surface area contributed by atoms with Crippen molar-refractivity contribution in [1.82, 2.24) is 0 Å². The number of ether oxygens (including phenoxy) is 1. The molecule has 1 saturated carbocycles. The summed E-state index contributed by atoms with van der Waals surface area (Å²) in [6, 6.07) is 0. The van der Waals surface area contributed by atoms with E-state index in [1.807, 2.05) is 0 Å². The van der Waals surface area contributed by atoms with Gasteiger partial charge in [0, 0.05) is 8.07 Å². The van der Waals surface area contributed by atoms with Crippen molar-refractivity contribution < 1.29 is 9.53 Å². The molecule has 2 nitrogen and oxygen atoms in total. The molecule has 0 aromatic rings. The number of unbranched alkanes of at least 4 members (excludes halogenated alkanes) is 1. The molecule has 0 heterocycles. The van der Waals surface area contributed by atoms with Crippen LogP contribution in [0.25, 0.3) is 0 Å². The molecule has 88 valence electrons. The zero-order valence-electron chi connectivity index (χ0n) is 10.5. The number of hydrogen-bond donors (Lipinski definition) is 0. The third-order valence-electron chi connectivity index (χ3n) is 3.50. The second-order valence-electron chi connectivity index (χ2n) is 5.79. The van der Waals surface area contributed by atoms with Crippen LogP contribution >= 0.6 is 0 Å². The molecular weight excluding hydrogens is 204 g/mol. The van der Waals surface area contributed by atoms with Crippen LogP contribution in [0.3, 0.4) is 0 Å². The van der Waals surface area contributed by atoms with Crippen LogP contribution in [-0.2, 0) is 9.53 Å². The predicted octanol–water partition coefficient (Wildman–Crippen LogP) is 3.45. The molecule has 3 atom stereocenters. The highest BCUT2D eigenvalue weighted by Gasteiger charge is 2.50. The second kappa shape index (κ2) is 5.15. The highest BCUT2D eigenvalue weighted by Crippen LogP contribution is 2.54. The van der Waals surface area contributed by atoms with E-state index in [1.165, 1.54) is 19.3 Å². The molecule has 0 N–H and O–H groups in total. The number of carbonyl (C=O) groups excluding carboxylic acids is 1. The monoisotopic (exact) mass is 228 g/mol. The first-order valence-electron chi connectivity index (χ1n) is 6.09. The molecule has 1 rings (SSSR count). The molecule has 1 aliphatic carbocycles. The molecule has 3 heteroatoms. The van der Waals surface area contributed by atoms with Crippen molar-refractivity contribution in [1.29, 1.82) is 0 Å². The SMILES string of the molecule is CCCC[C@H](OC=O)[C@@H]1C[C@H]1[Si](C)(C)C. The molecule has 0 spiro atoms. The molecule has 0 unspecified atom stereocenters. The van der Waals surface area contributed by atoms with E-state index in [9.17, 15) is 4.79 Å². The van der Waals surface area contributed by atoms with E-state index in [1.54, 1.807) is 0 Å². The van der Waals surface area contributed by atoms with Crippen molar-refractivity contribution in [3.8, 4) is 0 Å². The Labute approximate surface area is 94.4 Å². The summed E-state index contributed by atoms with van der Waals surface area (Å²) in [5, 5.41) is 0. The lowest BCUT2D eigenvalue weighted by Crippen LogP contribution is -2.24. The van der Waals surface area contributed by atoms with Gasteiger partial charge in [0.1, 0.15) is 6.10 Å². The minimum atomic E-state index is -1.01. The van der Waals surface area contributed by atoms with Crippen LogP contribution in [0, 0.1) is 5.92 Å². The zero-order chi connectivity index (χ0) is 11.5. The van der Waals surface area contributed by atoms with Crippen molar-refractivity contribution in [2.45, 2.75) is 63.9 Å². The van der Waals surface area contributed by atoms with E-state index < -0.39 is 8.07 Å². The minimum Gasteiger partial charge on any atom is -0.464 e. The van der Waals surface area contributed by atoms with Crippen LogP contribution in [-0.4, -0.2) is 20.7 Å². The highest BCUT2D eigenvalue weighted by molar-refractivity contribution is 6.78. The van der Waals surface area contributed by atoms with Gasteiger partial charge in [-0.3, -0.25) is 4.79 Å². The average Bonchev–Trinajstić information content (AvgIpc) is 2.90. The average molecular weight is 228 g/mol. The van der Waals surface area contributed by atoms with E-state index in [-0.39, 0.29) is 6.10 Å². The highest BCUT2D eigenvalue weighted by atomic mass is 28.3. The van der Waals surface area contributed by atoms with Gasteiger partial charge in [0.25, 0.3) is 6.47 Å². The topological polar surface area (TPSA) is 26.3 Å². The molecule has 1 aliphatic rings. The third kappa shape index (κ3) is 3.63. The Kier molecular flexibility index (Phi) is 4.38. The maximum absolute atomic E-state index is 10.5. The normalized spacial score (nSPS) is 27.2. The van der Waals surface area contributed by atoms with Crippen LogP contribution in [0.5, 0.6) is 0 Å². The fraction of sp³-hybridized carbons (Fsp3) is 0.917. The van der Waals surface area contributed by atoms with Gasteiger partial charge in [0.15, 0.2) is 0 Å². The van der Waals surface area contributed by atoms with Crippen molar-refractivity contribution in [2.75, 3.05) is 0 Å². The first-order valence-corrected chi connectivity index (χ1v) is 9.67. The van der Waals surface area contributed by atoms with Crippen molar-refractivity contribution in [3.05, 3.63) is 0 Å². The number of rotatable bonds is 7. The van der Waals surface area contributed by atoms with Crippen LogP contribution in [0.4, 0.5) is 0 Å². The van der Waals surface area contributed by atoms with Gasteiger partial charge in [-0.2, -0.15) is 0 Å². The maximum atomic E-state index is 10.5. The Morgan fingerprint density at radius 3 is 2.53 bits per heavy atom. The Bertz CT molecular complexity index is 210. The lowest BCUT2D eigenvalue weighted by atomic mass is 10.1. The lowest BCUT2D eigenvalue weighted by Gasteiger charge is -2.20. The van der Waals surface area contributed by atoms with E-state index in [0.717, 1.165) is 12.0 Å². The molecular formula is C12H24O2Si. The van der Waals surface area contributed by atoms with Gasteiger partial charge in [0.2, 0.25) is 0 Å². The van der Waals surface area contributed by atoms with Gasteiger partial charge in [-0.15, -0.1) is 0 Å². The summed E-state index contributed by atoms with van der Waals surface area (Å²) in [6.07, 6.45) is 4.91. The van der Waals surface area contributed by atoms with E-state index in [0.29, 0.717) is 12.4 Å². The second-order valence-corrected chi connectivity index (χ2v) is 11.3. The molecule has 0 aromatic heterocycles. The van der Waals surface area contributed by atoms with Crippen LogP contribution in [0.2, 0.25) is 25.2 Å². The number of hydrogen-bond acceptors (Lipinski definition) is 2. The Hall–Kier alpha value is -0.313. The largest absolute Gasteiger partial charge is 0.464 e. The van der Waals surface area contributed by atoms with Crippen molar-refractivity contribution >= 4 is 14.5 Å². The summed E-state index contributed by atoms with van der Waals surface area (Å²) >= 11 is 0. The van der Waals surface area contributed by atoms with Crippen LogP contribution in [0.15, 0.2) is 0 Å². The summed E-state index contributed by atoms with van der Waals surface area (Å²) in [5.41, 5.74) is 0.874. The maximum Gasteiger partial charge on any atom is 0.293 e. The molecule has 1 fully saturated rings. The van der Waals surface area contributed by atoms with E-state index >= 15 is 0 Å². The standard InChI is InChI=1S/C12H24O2Si/c1-5-6-7-11(14-9-13)10-8-12(10)15(2,3)4/h9-12H,5-8H2,1-4H3/t10-,11-,12+/m0/s1. The van der Waals surface area contributed by atoms with Crippen molar-refractivity contribution in [2.24, 2.45) is 5.92 Å². The zero-order valence-corrected chi connectivity index (χ0v) is 11.5. The van der Waals surface area contributed by atoms with Gasteiger partial charge in [0.05, 0.1) is 0 Å². The summed E-state index contributed by atoms with van der Waals surface area (Å²) in [6.45, 7) is 10.1. The van der Waals surface area contributed by atoms with Crippen LogP contribution in [0.1, 0.15) is 32.6 Å². The summed E-state index contributed by atoms with van der Waals surface area (Å²) in [4.78, 5) is 10.5. The van der Waals surface area contributed by atoms with Gasteiger partial charge >= 0.3 is 0 Å². The van der Waals surface area contributed by atoms with Crippen molar-refractivity contribution in [3.63, 3.8) is 0 Å². The Morgan fingerprint density at radius 2 is 2.13 bits per heavy atom. The van der Waals surface area contributed by atoms with E-state index in [2.05, 4.69) is 26.6 Å². The van der Waals surface area contributed by atoms with Gasteiger partial charge in [-0.1, -0.05) is 39.4 Å². The third-order valence-corrected chi connectivity index (χ3v) is 6.39. The quantitative estimate of drug-likeness (QED) is 0.493. The molecule has 0 aliphatic heterocycles. The van der Waals surface area contributed by atoms with Crippen LogP contribution < -0.4 is 0 Å². The molecule has 15 heavy (non-hydrogen) atoms. The first-order chi connectivity index (χ1) is 7.00. The summed E-state index contributed by atoms with van der Waals surface area (Å²) in [7, 11) is -1.01. The fourth-order valence-electron chi connectivity index (χ4n) is 2.48. The Balaban J connectivity index is 2.42. The molecule has 0 aromatic carbocycles. The van der Waals surface area contributed by atoms with Gasteiger partial charge in [-0.05, 0) is 24.3 Å². The molecule has 0 radical (unpaired) electrons. The molecule has 0 saturated heterocycles. The minimum absolute atomic E-state index is 0.208. The molecule has 0 bridgehead atoms. The Morgan fingerprint density at radius 1 is 1.47 bits per heavy atom. The summed E-state index contributed by atoms with van der Waals surface area (Å²) < 4.78 is 5.24. The molecule has 0 amide bonds. The van der Waals surface area contributed by atoms with Gasteiger partial charge < -0.3 is 4.74 Å². The predicted molar refractivity (Wildman–Crippen MR) is 65.7 cm³/mol. The lowest BCUT2D eigenvalue weighted by molar-refractivity contribution is -0.134. The fourth-order valence-corrected chi connectivity index (χ4v) is 4.96.